The second kappa shape index (κ2) is 4.17. The van der Waals surface area contributed by atoms with Gasteiger partial charge in [0, 0.05) is 12.6 Å². The summed E-state index contributed by atoms with van der Waals surface area (Å²) < 4.78 is 5.26. The molecule has 0 radical (unpaired) electrons. The van der Waals surface area contributed by atoms with Crippen LogP contribution < -0.4 is 5.73 Å². The first-order valence-corrected chi connectivity index (χ1v) is 5.14. The first-order chi connectivity index (χ1) is 6.44. The average Bonchev–Trinajstić information content (AvgIpc) is 1.93. The van der Waals surface area contributed by atoms with Crippen molar-refractivity contribution in [3.63, 3.8) is 0 Å². The van der Waals surface area contributed by atoms with Crippen molar-refractivity contribution in [2.45, 2.75) is 45.3 Å². The van der Waals surface area contributed by atoms with Gasteiger partial charge < -0.3 is 15.4 Å². The van der Waals surface area contributed by atoms with E-state index in [-0.39, 0.29) is 6.09 Å². The summed E-state index contributed by atoms with van der Waals surface area (Å²) in [4.78, 5) is 13.4. The minimum absolute atomic E-state index is 0.206. The first kappa shape index (κ1) is 11.3. The van der Waals surface area contributed by atoms with E-state index >= 15 is 0 Å². The van der Waals surface area contributed by atoms with E-state index in [0.717, 1.165) is 19.4 Å². The van der Waals surface area contributed by atoms with Gasteiger partial charge in [-0.15, -0.1) is 0 Å². The standard InChI is InChI=1S/C10H20N2O2/c1-10(2,3)14-9(13)12-7-5-8(12)4-6-11/h8H,4-7,11H2,1-3H3/t8-/m0/s1. The molecule has 0 saturated carbocycles. The fourth-order valence-electron chi connectivity index (χ4n) is 1.49. The van der Waals surface area contributed by atoms with Gasteiger partial charge >= 0.3 is 6.09 Å². The zero-order valence-corrected chi connectivity index (χ0v) is 9.25. The molecule has 1 aliphatic heterocycles. The van der Waals surface area contributed by atoms with E-state index in [4.69, 9.17) is 10.5 Å². The number of rotatable bonds is 2. The van der Waals surface area contributed by atoms with Crippen LogP contribution in [0, 0.1) is 0 Å². The summed E-state index contributed by atoms with van der Waals surface area (Å²) in [5, 5.41) is 0. The highest BCUT2D eigenvalue weighted by atomic mass is 16.6. The molecule has 0 spiro atoms. The number of carbonyl (C=O) groups excluding carboxylic acids is 1. The molecule has 0 unspecified atom stereocenters. The number of nitrogens with two attached hydrogens (primary N) is 1. The molecule has 1 saturated heterocycles. The number of carbonyl (C=O) groups is 1. The lowest BCUT2D eigenvalue weighted by Gasteiger charge is -2.41. The Kier molecular flexibility index (Phi) is 3.37. The molecule has 2 N–H and O–H groups in total. The molecule has 0 aliphatic carbocycles. The van der Waals surface area contributed by atoms with E-state index in [1.807, 2.05) is 20.8 Å². The number of hydrogen-bond donors (Lipinski definition) is 1. The summed E-state index contributed by atoms with van der Waals surface area (Å²) >= 11 is 0. The number of likely N-dealkylation sites (tertiary alicyclic amines) is 1. The van der Waals surface area contributed by atoms with Gasteiger partial charge in [-0.05, 0) is 40.2 Å². The Labute approximate surface area is 85.4 Å². The third-order valence-corrected chi connectivity index (χ3v) is 2.27. The van der Waals surface area contributed by atoms with Crippen LogP contribution in [0.15, 0.2) is 0 Å². The van der Waals surface area contributed by atoms with Crippen molar-refractivity contribution >= 4 is 6.09 Å². The fraction of sp³-hybridized carbons (Fsp3) is 0.900. The van der Waals surface area contributed by atoms with Crippen LogP contribution >= 0.6 is 0 Å². The van der Waals surface area contributed by atoms with Crippen LogP contribution in [0.25, 0.3) is 0 Å². The van der Waals surface area contributed by atoms with Gasteiger partial charge in [0.15, 0.2) is 0 Å². The molecule has 4 heteroatoms. The van der Waals surface area contributed by atoms with E-state index in [1.54, 1.807) is 4.90 Å². The average molecular weight is 200 g/mol. The van der Waals surface area contributed by atoms with Gasteiger partial charge in [-0.1, -0.05) is 0 Å². The molecule has 1 amide bonds. The SMILES string of the molecule is CC(C)(C)OC(=O)N1CC[C@@H]1CCN. The van der Waals surface area contributed by atoms with Crippen molar-refractivity contribution in [1.82, 2.24) is 4.90 Å². The second-order valence-corrected chi connectivity index (χ2v) is 4.69. The molecule has 1 fully saturated rings. The van der Waals surface area contributed by atoms with E-state index in [1.165, 1.54) is 0 Å². The van der Waals surface area contributed by atoms with Crippen molar-refractivity contribution in [3.8, 4) is 0 Å². The van der Waals surface area contributed by atoms with Crippen LogP contribution in [0.4, 0.5) is 4.79 Å². The van der Waals surface area contributed by atoms with Gasteiger partial charge in [-0.25, -0.2) is 4.79 Å². The first-order valence-electron chi connectivity index (χ1n) is 5.14. The Hall–Kier alpha value is -0.770. The summed E-state index contributed by atoms with van der Waals surface area (Å²) in [6.45, 7) is 7.07. The number of nitrogens with zero attached hydrogens (tertiary/aromatic N) is 1. The molecule has 82 valence electrons. The van der Waals surface area contributed by atoms with Crippen molar-refractivity contribution < 1.29 is 9.53 Å². The topological polar surface area (TPSA) is 55.6 Å². The maximum Gasteiger partial charge on any atom is 0.410 e. The quantitative estimate of drug-likeness (QED) is 0.732. The molecule has 1 atom stereocenters. The summed E-state index contributed by atoms with van der Waals surface area (Å²) in [5.74, 6) is 0. The lowest BCUT2D eigenvalue weighted by Crippen LogP contribution is -2.53. The number of amides is 1. The monoisotopic (exact) mass is 200 g/mol. The molecule has 1 aliphatic rings. The Morgan fingerprint density at radius 3 is 2.57 bits per heavy atom. The lowest BCUT2D eigenvalue weighted by molar-refractivity contribution is -0.00613. The number of hydrogen-bond acceptors (Lipinski definition) is 3. The van der Waals surface area contributed by atoms with Crippen LogP contribution in [0.3, 0.4) is 0 Å². The number of ether oxygens (including phenoxy) is 1. The lowest BCUT2D eigenvalue weighted by atomic mass is 10.0. The van der Waals surface area contributed by atoms with Gasteiger partial charge in [0.05, 0.1) is 0 Å². The minimum Gasteiger partial charge on any atom is -0.444 e. The Balaban J connectivity index is 2.38. The molecule has 0 aromatic rings. The van der Waals surface area contributed by atoms with Crippen LogP contribution in [0.2, 0.25) is 0 Å². The van der Waals surface area contributed by atoms with E-state index in [0.29, 0.717) is 12.6 Å². The van der Waals surface area contributed by atoms with E-state index in [9.17, 15) is 4.79 Å². The van der Waals surface area contributed by atoms with Crippen LogP contribution in [-0.4, -0.2) is 35.7 Å². The minimum atomic E-state index is -0.403. The molecule has 0 aromatic heterocycles. The molecule has 0 bridgehead atoms. The Bertz CT molecular complexity index is 211. The summed E-state index contributed by atoms with van der Waals surface area (Å²) in [5.41, 5.74) is 5.05. The molecule has 1 heterocycles. The molecule has 1 rings (SSSR count). The van der Waals surface area contributed by atoms with Crippen molar-refractivity contribution in [1.29, 1.82) is 0 Å². The maximum atomic E-state index is 11.6. The van der Waals surface area contributed by atoms with Gasteiger partial charge in [0.25, 0.3) is 0 Å². The van der Waals surface area contributed by atoms with Crippen LogP contribution in [0.5, 0.6) is 0 Å². The Morgan fingerprint density at radius 1 is 1.57 bits per heavy atom. The maximum absolute atomic E-state index is 11.6. The van der Waals surface area contributed by atoms with Gasteiger partial charge in [-0.2, -0.15) is 0 Å². The van der Waals surface area contributed by atoms with E-state index in [2.05, 4.69) is 0 Å². The summed E-state index contributed by atoms with van der Waals surface area (Å²) in [7, 11) is 0. The third-order valence-electron chi connectivity index (χ3n) is 2.27. The molecule has 4 nitrogen and oxygen atoms in total. The van der Waals surface area contributed by atoms with Gasteiger partial charge in [0.1, 0.15) is 5.60 Å². The van der Waals surface area contributed by atoms with Crippen molar-refractivity contribution in [2.24, 2.45) is 5.73 Å². The normalized spacial score (nSPS) is 21.7. The smallest absolute Gasteiger partial charge is 0.410 e. The predicted octanol–water partition coefficient (Wildman–Crippen LogP) is 1.34. The van der Waals surface area contributed by atoms with E-state index < -0.39 is 5.60 Å². The van der Waals surface area contributed by atoms with Crippen LogP contribution in [-0.2, 0) is 4.74 Å². The van der Waals surface area contributed by atoms with Crippen molar-refractivity contribution in [3.05, 3.63) is 0 Å². The summed E-state index contributed by atoms with van der Waals surface area (Å²) in [6, 6.07) is 0.301. The zero-order valence-electron chi connectivity index (χ0n) is 9.25. The van der Waals surface area contributed by atoms with Crippen molar-refractivity contribution in [2.75, 3.05) is 13.1 Å². The zero-order chi connectivity index (χ0) is 10.8. The van der Waals surface area contributed by atoms with Gasteiger partial charge in [0.2, 0.25) is 0 Å². The highest BCUT2D eigenvalue weighted by molar-refractivity contribution is 5.69. The Morgan fingerprint density at radius 2 is 2.21 bits per heavy atom. The molecule has 14 heavy (non-hydrogen) atoms. The third kappa shape index (κ3) is 2.87. The predicted molar refractivity (Wildman–Crippen MR) is 55.0 cm³/mol. The largest absolute Gasteiger partial charge is 0.444 e. The van der Waals surface area contributed by atoms with Gasteiger partial charge in [-0.3, -0.25) is 0 Å². The second-order valence-electron chi connectivity index (χ2n) is 4.69. The highest BCUT2D eigenvalue weighted by Crippen LogP contribution is 2.22. The molecular formula is C10H20N2O2. The highest BCUT2D eigenvalue weighted by Gasteiger charge is 2.34. The fourth-order valence-corrected chi connectivity index (χ4v) is 1.49. The van der Waals surface area contributed by atoms with Crippen LogP contribution in [0.1, 0.15) is 33.6 Å². The summed E-state index contributed by atoms with van der Waals surface area (Å²) in [6.07, 6.45) is 1.72. The molecule has 0 aromatic carbocycles. The molecular weight excluding hydrogens is 180 g/mol.